The Hall–Kier alpha value is -0.570. The molecule has 3 fully saturated rings. The summed E-state index contributed by atoms with van der Waals surface area (Å²) in [5.74, 6) is 1.05. The van der Waals surface area contributed by atoms with Crippen LogP contribution in [0.25, 0.3) is 0 Å². The van der Waals surface area contributed by atoms with Crippen LogP contribution in [-0.2, 0) is 14.3 Å². The summed E-state index contributed by atoms with van der Waals surface area (Å²) in [5, 5.41) is 0. The van der Waals surface area contributed by atoms with Gasteiger partial charge in [-0.25, -0.2) is 0 Å². The van der Waals surface area contributed by atoms with Crippen molar-refractivity contribution in [3.05, 3.63) is 0 Å². The predicted molar refractivity (Wildman–Crippen MR) is 40.4 cm³/mol. The van der Waals surface area contributed by atoms with Crippen molar-refractivity contribution in [1.82, 2.24) is 0 Å². The van der Waals surface area contributed by atoms with Crippen LogP contribution in [0.3, 0.4) is 0 Å². The molecular weight excluding hydrogens is 156 g/mol. The molecule has 1 heterocycles. The lowest BCUT2D eigenvalue weighted by Crippen LogP contribution is -2.27. The number of ether oxygens (including phenoxy) is 2. The van der Waals surface area contributed by atoms with E-state index in [-0.39, 0.29) is 12.1 Å². The molecule has 2 bridgehead atoms. The van der Waals surface area contributed by atoms with Crippen LogP contribution in [0.15, 0.2) is 0 Å². The minimum Gasteiger partial charge on any atom is -0.462 e. The van der Waals surface area contributed by atoms with E-state index in [0.29, 0.717) is 24.0 Å². The van der Waals surface area contributed by atoms with Crippen molar-refractivity contribution in [2.75, 3.05) is 0 Å². The second kappa shape index (κ2) is 2.02. The normalized spacial score (nSPS) is 53.6. The summed E-state index contributed by atoms with van der Waals surface area (Å²) in [7, 11) is 0. The molecule has 12 heavy (non-hydrogen) atoms. The molecule has 3 rings (SSSR count). The molecule has 5 atom stereocenters. The Labute approximate surface area is 71.0 Å². The highest BCUT2D eigenvalue weighted by Crippen LogP contribution is 2.57. The SMILES string of the molecule is CC(=O)O[C@@H]1C[C@H]2C[C@@H]1[C@H]1O[C@H]21. The molecule has 3 nitrogen and oxygen atoms in total. The van der Waals surface area contributed by atoms with E-state index >= 15 is 0 Å². The topological polar surface area (TPSA) is 38.8 Å². The predicted octanol–water partition coefficient (Wildman–Crippen LogP) is 0.725. The zero-order valence-electron chi connectivity index (χ0n) is 7.03. The summed E-state index contributed by atoms with van der Waals surface area (Å²) in [6.07, 6.45) is 3.38. The quantitative estimate of drug-likeness (QED) is 0.428. The van der Waals surface area contributed by atoms with Crippen molar-refractivity contribution in [2.24, 2.45) is 11.8 Å². The zero-order valence-corrected chi connectivity index (χ0v) is 7.03. The maximum absolute atomic E-state index is 10.7. The zero-order chi connectivity index (χ0) is 8.29. The molecule has 1 saturated heterocycles. The summed E-state index contributed by atoms with van der Waals surface area (Å²) < 4.78 is 10.7. The van der Waals surface area contributed by atoms with Crippen LogP contribution in [0, 0.1) is 11.8 Å². The number of carbonyl (C=O) groups is 1. The highest BCUT2D eigenvalue weighted by atomic mass is 16.6. The Morgan fingerprint density at radius 1 is 1.42 bits per heavy atom. The third kappa shape index (κ3) is 0.774. The summed E-state index contributed by atoms with van der Waals surface area (Å²) in [4.78, 5) is 10.7. The van der Waals surface area contributed by atoms with Crippen LogP contribution in [0.2, 0.25) is 0 Å². The van der Waals surface area contributed by atoms with Crippen molar-refractivity contribution < 1.29 is 14.3 Å². The van der Waals surface area contributed by atoms with Crippen molar-refractivity contribution in [2.45, 2.75) is 38.1 Å². The molecule has 1 aliphatic heterocycles. The van der Waals surface area contributed by atoms with Gasteiger partial charge in [0.15, 0.2) is 0 Å². The van der Waals surface area contributed by atoms with Gasteiger partial charge in [0.05, 0.1) is 12.2 Å². The Bertz CT molecular complexity index is 238. The van der Waals surface area contributed by atoms with Crippen LogP contribution in [0.5, 0.6) is 0 Å². The number of rotatable bonds is 1. The molecule has 0 amide bonds. The number of epoxide rings is 1. The average Bonchev–Trinajstić information content (AvgIpc) is 2.61. The first-order valence-corrected chi connectivity index (χ1v) is 4.58. The van der Waals surface area contributed by atoms with E-state index in [0.717, 1.165) is 6.42 Å². The van der Waals surface area contributed by atoms with E-state index in [9.17, 15) is 4.79 Å². The first kappa shape index (κ1) is 6.89. The third-order valence-corrected chi connectivity index (χ3v) is 3.35. The van der Waals surface area contributed by atoms with E-state index in [2.05, 4.69) is 0 Å². The van der Waals surface area contributed by atoms with Crippen LogP contribution in [-0.4, -0.2) is 24.3 Å². The lowest BCUT2D eigenvalue weighted by atomic mass is 9.98. The van der Waals surface area contributed by atoms with Gasteiger partial charge in [-0.3, -0.25) is 4.79 Å². The number of carbonyl (C=O) groups excluding carboxylic acids is 1. The first-order chi connectivity index (χ1) is 5.75. The summed E-state index contributed by atoms with van der Waals surface area (Å²) >= 11 is 0. The van der Waals surface area contributed by atoms with E-state index in [1.807, 2.05) is 0 Å². The maximum Gasteiger partial charge on any atom is 0.302 e. The Morgan fingerprint density at radius 2 is 2.25 bits per heavy atom. The van der Waals surface area contributed by atoms with E-state index in [1.165, 1.54) is 13.3 Å². The molecule has 2 saturated carbocycles. The third-order valence-electron chi connectivity index (χ3n) is 3.35. The lowest BCUT2D eigenvalue weighted by Gasteiger charge is -2.18. The van der Waals surface area contributed by atoms with Crippen molar-refractivity contribution in [1.29, 1.82) is 0 Å². The standard InChI is InChI=1S/C9H12O3/c1-4(10)11-7-3-5-2-6(7)9-8(5)12-9/h5-9H,2-3H2,1H3/t5-,6+,7-,8-,9-/m1/s1. The van der Waals surface area contributed by atoms with Gasteiger partial charge in [0, 0.05) is 12.8 Å². The second-order valence-electron chi connectivity index (χ2n) is 4.11. The molecular formula is C9H12O3. The number of esters is 1. The van der Waals surface area contributed by atoms with Gasteiger partial charge in [0.1, 0.15) is 6.10 Å². The Balaban J connectivity index is 1.72. The van der Waals surface area contributed by atoms with Crippen LogP contribution < -0.4 is 0 Å². The molecule has 66 valence electrons. The first-order valence-electron chi connectivity index (χ1n) is 4.58. The van der Waals surface area contributed by atoms with E-state index < -0.39 is 0 Å². The van der Waals surface area contributed by atoms with Crippen molar-refractivity contribution in [3.8, 4) is 0 Å². The minimum atomic E-state index is -0.148. The summed E-state index contributed by atoms with van der Waals surface area (Å²) in [6.45, 7) is 1.48. The fraction of sp³-hybridized carbons (Fsp3) is 0.889. The largest absolute Gasteiger partial charge is 0.462 e. The molecule has 0 aromatic carbocycles. The summed E-state index contributed by atoms with van der Waals surface area (Å²) in [6, 6.07) is 0. The Morgan fingerprint density at radius 3 is 2.83 bits per heavy atom. The monoisotopic (exact) mass is 168 g/mol. The van der Waals surface area contributed by atoms with Crippen molar-refractivity contribution in [3.63, 3.8) is 0 Å². The lowest BCUT2D eigenvalue weighted by molar-refractivity contribution is -0.148. The van der Waals surface area contributed by atoms with Crippen LogP contribution in [0.1, 0.15) is 19.8 Å². The molecule has 0 spiro atoms. The van der Waals surface area contributed by atoms with Gasteiger partial charge in [-0.15, -0.1) is 0 Å². The van der Waals surface area contributed by atoms with Crippen LogP contribution >= 0.6 is 0 Å². The number of fused-ring (bicyclic) bond motifs is 5. The fourth-order valence-corrected chi connectivity index (χ4v) is 2.89. The van der Waals surface area contributed by atoms with Crippen LogP contribution in [0.4, 0.5) is 0 Å². The Kier molecular flexibility index (Phi) is 1.16. The summed E-state index contributed by atoms with van der Waals surface area (Å²) in [5.41, 5.74) is 0. The van der Waals surface area contributed by atoms with Gasteiger partial charge in [0.25, 0.3) is 0 Å². The smallest absolute Gasteiger partial charge is 0.302 e. The molecule has 3 heteroatoms. The van der Waals surface area contributed by atoms with E-state index in [1.54, 1.807) is 0 Å². The molecule has 0 aromatic rings. The van der Waals surface area contributed by atoms with E-state index in [4.69, 9.17) is 9.47 Å². The molecule has 0 unspecified atom stereocenters. The highest BCUT2D eigenvalue weighted by molar-refractivity contribution is 5.66. The second-order valence-corrected chi connectivity index (χ2v) is 4.11. The number of hydrogen-bond acceptors (Lipinski definition) is 3. The molecule has 0 aromatic heterocycles. The van der Waals surface area contributed by atoms with Gasteiger partial charge in [-0.05, 0) is 18.8 Å². The van der Waals surface area contributed by atoms with Gasteiger partial charge >= 0.3 is 5.97 Å². The van der Waals surface area contributed by atoms with Gasteiger partial charge in [-0.1, -0.05) is 0 Å². The maximum atomic E-state index is 10.7. The molecule has 3 aliphatic rings. The highest BCUT2D eigenvalue weighted by Gasteiger charge is 2.64. The number of hydrogen-bond donors (Lipinski definition) is 0. The fourth-order valence-electron chi connectivity index (χ4n) is 2.89. The van der Waals surface area contributed by atoms with Crippen molar-refractivity contribution >= 4 is 5.97 Å². The molecule has 0 radical (unpaired) electrons. The minimum absolute atomic E-state index is 0.148. The molecule has 2 aliphatic carbocycles. The average molecular weight is 168 g/mol. The van der Waals surface area contributed by atoms with Gasteiger partial charge in [0.2, 0.25) is 0 Å². The van der Waals surface area contributed by atoms with Gasteiger partial charge in [-0.2, -0.15) is 0 Å². The van der Waals surface area contributed by atoms with Gasteiger partial charge < -0.3 is 9.47 Å². The molecule has 0 N–H and O–H groups in total.